The first-order valence-electron chi connectivity index (χ1n) is 10.2. The number of rotatable bonds is 10. The second-order valence-electron chi connectivity index (χ2n) is 7.34. The molecule has 2 fully saturated rings. The van der Waals surface area contributed by atoms with Crippen LogP contribution in [0.25, 0.3) is 0 Å². The molecule has 1 unspecified atom stereocenters. The summed E-state index contributed by atoms with van der Waals surface area (Å²) in [5, 5.41) is 9.53. The fourth-order valence-electron chi connectivity index (χ4n) is 3.31. The lowest BCUT2D eigenvalue weighted by Crippen LogP contribution is -2.41. The van der Waals surface area contributed by atoms with Crippen molar-refractivity contribution in [3.63, 3.8) is 0 Å². The van der Waals surface area contributed by atoms with Crippen LogP contribution in [0.5, 0.6) is 0 Å². The highest BCUT2D eigenvalue weighted by Gasteiger charge is 2.28. The maximum Gasteiger partial charge on any atom is 0.223 e. The average molecular weight is 479 g/mol. The number of guanidine groups is 1. The SMILES string of the molecule is CCNC(=NCCCCN1CCCCC1C)NCCNC(=O)C1CC1.I. The number of hydrogen-bond donors (Lipinski definition) is 3. The summed E-state index contributed by atoms with van der Waals surface area (Å²) in [7, 11) is 0. The molecule has 7 heteroatoms. The summed E-state index contributed by atoms with van der Waals surface area (Å²) in [5.41, 5.74) is 0. The largest absolute Gasteiger partial charge is 0.357 e. The number of likely N-dealkylation sites (tertiary alicyclic amines) is 1. The highest BCUT2D eigenvalue weighted by atomic mass is 127. The van der Waals surface area contributed by atoms with Gasteiger partial charge in [0.1, 0.15) is 0 Å². The van der Waals surface area contributed by atoms with Crippen molar-refractivity contribution in [3.05, 3.63) is 0 Å². The van der Waals surface area contributed by atoms with E-state index in [1.54, 1.807) is 0 Å². The third-order valence-electron chi connectivity index (χ3n) is 5.07. The molecule has 0 aromatic carbocycles. The Labute approximate surface area is 176 Å². The van der Waals surface area contributed by atoms with Crippen LogP contribution in [-0.4, -0.2) is 62.1 Å². The fourth-order valence-corrected chi connectivity index (χ4v) is 3.31. The molecule has 1 heterocycles. The summed E-state index contributed by atoms with van der Waals surface area (Å²) < 4.78 is 0. The van der Waals surface area contributed by atoms with E-state index in [9.17, 15) is 4.79 Å². The Morgan fingerprint density at radius 3 is 2.54 bits per heavy atom. The molecular weight excluding hydrogens is 441 g/mol. The topological polar surface area (TPSA) is 68.8 Å². The van der Waals surface area contributed by atoms with Gasteiger partial charge in [-0.25, -0.2) is 0 Å². The smallest absolute Gasteiger partial charge is 0.223 e. The molecule has 1 atom stereocenters. The summed E-state index contributed by atoms with van der Waals surface area (Å²) in [5.74, 6) is 1.34. The van der Waals surface area contributed by atoms with Crippen molar-refractivity contribution in [1.82, 2.24) is 20.9 Å². The van der Waals surface area contributed by atoms with Crippen molar-refractivity contribution in [2.75, 3.05) is 39.3 Å². The zero-order chi connectivity index (χ0) is 17.9. The molecule has 1 saturated heterocycles. The van der Waals surface area contributed by atoms with Crippen LogP contribution in [0.4, 0.5) is 0 Å². The highest BCUT2D eigenvalue weighted by molar-refractivity contribution is 14.0. The van der Waals surface area contributed by atoms with Crippen molar-refractivity contribution < 1.29 is 4.79 Å². The van der Waals surface area contributed by atoms with Gasteiger partial charge in [0.25, 0.3) is 0 Å². The number of hydrogen-bond acceptors (Lipinski definition) is 3. The van der Waals surface area contributed by atoms with Crippen LogP contribution >= 0.6 is 24.0 Å². The molecule has 0 aromatic rings. The van der Waals surface area contributed by atoms with Crippen molar-refractivity contribution in [3.8, 4) is 0 Å². The highest BCUT2D eigenvalue weighted by Crippen LogP contribution is 2.28. The molecule has 1 amide bonds. The molecule has 1 saturated carbocycles. The zero-order valence-electron chi connectivity index (χ0n) is 16.6. The van der Waals surface area contributed by atoms with E-state index in [2.05, 4.69) is 39.7 Å². The molecule has 0 spiro atoms. The number of carbonyl (C=O) groups excluding carboxylic acids is 1. The Kier molecular flexibility index (Phi) is 12.3. The van der Waals surface area contributed by atoms with Crippen LogP contribution in [0.2, 0.25) is 0 Å². The number of halogens is 1. The van der Waals surface area contributed by atoms with E-state index in [4.69, 9.17) is 0 Å². The Morgan fingerprint density at radius 2 is 1.85 bits per heavy atom. The summed E-state index contributed by atoms with van der Waals surface area (Å²) >= 11 is 0. The van der Waals surface area contributed by atoms with Gasteiger partial charge >= 0.3 is 0 Å². The number of unbranched alkanes of at least 4 members (excludes halogenated alkanes) is 1. The van der Waals surface area contributed by atoms with Gasteiger partial charge in [0.15, 0.2) is 5.96 Å². The second-order valence-corrected chi connectivity index (χ2v) is 7.34. The first-order valence-corrected chi connectivity index (χ1v) is 10.2. The van der Waals surface area contributed by atoms with Crippen molar-refractivity contribution in [2.24, 2.45) is 10.9 Å². The average Bonchev–Trinajstić information content (AvgIpc) is 3.44. The van der Waals surface area contributed by atoms with E-state index in [1.165, 1.54) is 38.8 Å². The Balaban J connectivity index is 0.00000338. The summed E-state index contributed by atoms with van der Waals surface area (Å²) in [6.07, 6.45) is 8.54. The van der Waals surface area contributed by atoms with E-state index in [0.717, 1.165) is 50.9 Å². The van der Waals surface area contributed by atoms with Crippen LogP contribution in [-0.2, 0) is 4.79 Å². The monoisotopic (exact) mass is 479 g/mol. The number of piperidine rings is 1. The fraction of sp³-hybridized carbons (Fsp3) is 0.895. The van der Waals surface area contributed by atoms with Gasteiger partial charge < -0.3 is 20.9 Å². The van der Waals surface area contributed by atoms with E-state index in [1.807, 2.05) is 0 Å². The number of nitrogens with one attached hydrogen (secondary N) is 3. The van der Waals surface area contributed by atoms with Gasteiger partial charge in [0, 0.05) is 38.1 Å². The van der Waals surface area contributed by atoms with Crippen molar-refractivity contribution >= 4 is 35.8 Å². The Hall–Kier alpha value is -0.570. The molecule has 2 rings (SSSR count). The van der Waals surface area contributed by atoms with Crippen molar-refractivity contribution in [1.29, 1.82) is 0 Å². The minimum Gasteiger partial charge on any atom is -0.357 e. The molecule has 3 N–H and O–H groups in total. The lowest BCUT2D eigenvalue weighted by atomic mass is 10.0. The molecule has 1 aliphatic carbocycles. The van der Waals surface area contributed by atoms with Gasteiger partial charge in [-0.2, -0.15) is 0 Å². The predicted molar refractivity (Wildman–Crippen MR) is 119 cm³/mol. The number of nitrogens with zero attached hydrogens (tertiary/aromatic N) is 2. The Morgan fingerprint density at radius 1 is 1.08 bits per heavy atom. The molecule has 0 radical (unpaired) electrons. The Bertz CT molecular complexity index is 428. The van der Waals surface area contributed by atoms with Crippen molar-refractivity contribution in [2.45, 2.75) is 64.8 Å². The molecular formula is C19H38IN5O. The summed E-state index contributed by atoms with van der Waals surface area (Å²) in [6.45, 7) is 9.98. The maximum atomic E-state index is 11.6. The minimum atomic E-state index is 0. The van der Waals surface area contributed by atoms with Crippen LogP contribution in [0.1, 0.15) is 58.8 Å². The quantitative estimate of drug-likeness (QED) is 0.195. The molecule has 2 aliphatic rings. The third kappa shape index (κ3) is 9.39. The van der Waals surface area contributed by atoms with E-state index < -0.39 is 0 Å². The van der Waals surface area contributed by atoms with Gasteiger partial charge in [0.2, 0.25) is 5.91 Å². The van der Waals surface area contributed by atoms with Crippen LogP contribution in [0, 0.1) is 5.92 Å². The number of amides is 1. The lowest BCUT2D eigenvalue weighted by molar-refractivity contribution is -0.122. The zero-order valence-corrected chi connectivity index (χ0v) is 18.9. The van der Waals surface area contributed by atoms with E-state index >= 15 is 0 Å². The molecule has 6 nitrogen and oxygen atoms in total. The second kappa shape index (κ2) is 13.6. The molecule has 26 heavy (non-hydrogen) atoms. The van der Waals surface area contributed by atoms with Gasteiger partial charge in [-0.1, -0.05) is 6.42 Å². The number of carbonyl (C=O) groups is 1. The normalized spacial score (nSPS) is 21.0. The van der Waals surface area contributed by atoms with Gasteiger partial charge in [-0.15, -0.1) is 24.0 Å². The first-order chi connectivity index (χ1) is 12.2. The van der Waals surface area contributed by atoms with Gasteiger partial charge in [-0.3, -0.25) is 9.79 Å². The van der Waals surface area contributed by atoms with E-state index in [-0.39, 0.29) is 35.8 Å². The first kappa shape index (κ1) is 23.5. The van der Waals surface area contributed by atoms with E-state index in [0.29, 0.717) is 6.54 Å². The standard InChI is InChI=1S/C19H37N5O.HI/c1-3-20-19(23-13-12-21-18(25)17-9-10-17)22-11-5-7-15-24-14-6-4-8-16(24)2;/h16-17H,3-15H2,1-2H3,(H,21,25)(H2,20,22,23);1H. The number of aliphatic imine (C=N–C) groups is 1. The molecule has 0 aromatic heterocycles. The van der Waals surface area contributed by atoms with Gasteiger partial charge in [-0.05, 0) is 65.5 Å². The third-order valence-corrected chi connectivity index (χ3v) is 5.07. The minimum absolute atomic E-state index is 0. The van der Waals surface area contributed by atoms with Crippen LogP contribution in [0.15, 0.2) is 4.99 Å². The van der Waals surface area contributed by atoms with Gasteiger partial charge in [0.05, 0.1) is 0 Å². The summed E-state index contributed by atoms with van der Waals surface area (Å²) in [6, 6.07) is 0.752. The maximum absolute atomic E-state index is 11.6. The van der Waals surface area contributed by atoms with Crippen LogP contribution < -0.4 is 16.0 Å². The lowest BCUT2D eigenvalue weighted by Gasteiger charge is -2.33. The molecule has 152 valence electrons. The summed E-state index contributed by atoms with van der Waals surface area (Å²) in [4.78, 5) is 18.9. The molecule has 0 bridgehead atoms. The molecule has 1 aliphatic heterocycles. The van der Waals surface area contributed by atoms with Crippen LogP contribution in [0.3, 0.4) is 0 Å². The predicted octanol–water partition coefficient (Wildman–Crippen LogP) is 2.34.